The monoisotopic (exact) mass is 217 g/mol. The molecule has 0 atom stereocenters. The lowest BCUT2D eigenvalue weighted by molar-refractivity contribution is 1.29. The van der Waals surface area contributed by atoms with E-state index in [1.54, 1.807) is 19.3 Å². The first-order valence-corrected chi connectivity index (χ1v) is 4.94. The van der Waals surface area contributed by atoms with Crippen LogP contribution in [-0.4, -0.2) is 20.8 Å². The van der Waals surface area contributed by atoms with Crippen LogP contribution in [0.4, 0.5) is 5.82 Å². The molecule has 0 spiro atoms. The number of hydrogen-bond donors (Lipinski definition) is 1. The van der Waals surface area contributed by atoms with E-state index in [0.717, 1.165) is 23.0 Å². The molecule has 6 heteroatoms. The molecule has 0 unspecified atom stereocenters. The Labute approximate surface area is 90.7 Å². The van der Waals surface area contributed by atoms with Crippen LogP contribution < -0.4 is 5.32 Å². The van der Waals surface area contributed by atoms with Gasteiger partial charge in [0.1, 0.15) is 11.8 Å². The average Bonchev–Trinajstić information content (AvgIpc) is 2.77. The number of nitriles is 1. The molecule has 2 aromatic heterocycles. The summed E-state index contributed by atoms with van der Waals surface area (Å²) in [5.74, 6) is 0.705. The Kier molecular flexibility index (Phi) is 2.56. The van der Waals surface area contributed by atoms with Crippen LogP contribution in [0.1, 0.15) is 5.56 Å². The summed E-state index contributed by atoms with van der Waals surface area (Å²) < 4.78 is 8.23. The van der Waals surface area contributed by atoms with Crippen LogP contribution in [-0.2, 0) is 0 Å². The second-order valence-corrected chi connectivity index (χ2v) is 3.31. The fourth-order valence-electron chi connectivity index (χ4n) is 1.17. The molecule has 0 aliphatic heterocycles. The normalized spacial score (nSPS) is 9.60. The SMILES string of the molecule is CNc1nsnc1-c1cncc(C#N)c1. The summed E-state index contributed by atoms with van der Waals surface area (Å²) in [4.78, 5) is 3.97. The summed E-state index contributed by atoms with van der Waals surface area (Å²) in [5.41, 5.74) is 2.04. The summed E-state index contributed by atoms with van der Waals surface area (Å²) in [6, 6.07) is 3.78. The summed E-state index contributed by atoms with van der Waals surface area (Å²) in [6.07, 6.45) is 3.18. The van der Waals surface area contributed by atoms with Gasteiger partial charge in [0.25, 0.3) is 0 Å². The van der Waals surface area contributed by atoms with E-state index in [1.165, 1.54) is 6.20 Å². The third-order valence-electron chi connectivity index (χ3n) is 1.87. The highest BCUT2D eigenvalue weighted by Crippen LogP contribution is 2.24. The van der Waals surface area contributed by atoms with Crippen LogP contribution in [0.15, 0.2) is 18.5 Å². The van der Waals surface area contributed by atoms with Gasteiger partial charge in [-0.3, -0.25) is 4.98 Å². The minimum atomic E-state index is 0.516. The molecule has 1 N–H and O–H groups in total. The molecule has 2 heterocycles. The van der Waals surface area contributed by atoms with E-state index < -0.39 is 0 Å². The molecular weight excluding hydrogens is 210 g/mol. The van der Waals surface area contributed by atoms with Crippen LogP contribution in [0.3, 0.4) is 0 Å². The zero-order valence-electron chi connectivity index (χ0n) is 7.93. The Morgan fingerprint density at radius 3 is 3.00 bits per heavy atom. The van der Waals surface area contributed by atoms with E-state index in [1.807, 2.05) is 6.07 Å². The molecule has 15 heavy (non-hydrogen) atoms. The Morgan fingerprint density at radius 1 is 1.40 bits per heavy atom. The van der Waals surface area contributed by atoms with Gasteiger partial charge in [0.2, 0.25) is 0 Å². The lowest BCUT2D eigenvalue weighted by Gasteiger charge is -1.99. The molecule has 2 rings (SSSR count). The van der Waals surface area contributed by atoms with Gasteiger partial charge in [-0.1, -0.05) is 0 Å². The molecule has 74 valence electrons. The van der Waals surface area contributed by atoms with Crippen molar-refractivity contribution in [1.82, 2.24) is 13.7 Å². The minimum absolute atomic E-state index is 0.516. The molecule has 0 aliphatic carbocycles. The maximum Gasteiger partial charge on any atom is 0.167 e. The number of anilines is 1. The van der Waals surface area contributed by atoms with Crippen LogP contribution in [0, 0.1) is 11.3 Å². The second-order valence-electron chi connectivity index (χ2n) is 2.79. The Hall–Kier alpha value is -2.00. The van der Waals surface area contributed by atoms with Crippen molar-refractivity contribution in [1.29, 1.82) is 5.26 Å². The van der Waals surface area contributed by atoms with E-state index in [9.17, 15) is 0 Å². The topological polar surface area (TPSA) is 74.5 Å². The average molecular weight is 217 g/mol. The number of nitrogens with zero attached hydrogens (tertiary/aromatic N) is 4. The van der Waals surface area contributed by atoms with Crippen molar-refractivity contribution in [2.75, 3.05) is 12.4 Å². The molecule has 0 aromatic carbocycles. The first-order valence-electron chi connectivity index (χ1n) is 4.21. The van der Waals surface area contributed by atoms with Crippen molar-refractivity contribution in [2.24, 2.45) is 0 Å². The van der Waals surface area contributed by atoms with Crippen molar-refractivity contribution in [3.8, 4) is 17.3 Å². The molecule has 2 aromatic rings. The van der Waals surface area contributed by atoms with Gasteiger partial charge < -0.3 is 5.32 Å². The van der Waals surface area contributed by atoms with Gasteiger partial charge in [-0.25, -0.2) is 0 Å². The van der Waals surface area contributed by atoms with Gasteiger partial charge >= 0.3 is 0 Å². The Balaban J connectivity index is 2.50. The summed E-state index contributed by atoms with van der Waals surface area (Å²) >= 11 is 1.13. The van der Waals surface area contributed by atoms with Gasteiger partial charge in [0.15, 0.2) is 5.82 Å². The predicted molar refractivity (Wildman–Crippen MR) is 57.4 cm³/mol. The number of hydrogen-bond acceptors (Lipinski definition) is 6. The number of pyridine rings is 1. The fourth-order valence-corrected chi connectivity index (χ4v) is 1.75. The highest BCUT2D eigenvalue weighted by Gasteiger charge is 2.09. The zero-order valence-corrected chi connectivity index (χ0v) is 8.75. The third kappa shape index (κ3) is 1.78. The Bertz CT molecular complexity index is 513. The predicted octanol–water partition coefficient (Wildman–Crippen LogP) is 1.51. The quantitative estimate of drug-likeness (QED) is 0.825. The van der Waals surface area contributed by atoms with Crippen molar-refractivity contribution in [2.45, 2.75) is 0 Å². The van der Waals surface area contributed by atoms with Crippen molar-refractivity contribution >= 4 is 17.5 Å². The lowest BCUT2D eigenvalue weighted by atomic mass is 10.1. The van der Waals surface area contributed by atoms with E-state index in [-0.39, 0.29) is 0 Å². The van der Waals surface area contributed by atoms with Crippen LogP contribution >= 0.6 is 11.7 Å². The first-order chi connectivity index (χ1) is 7.35. The van der Waals surface area contributed by atoms with Gasteiger partial charge in [0, 0.05) is 25.0 Å². The molecular formula is C9H7N5S. The van der Waals surface area contributed by atoms with Crippen molar-refractivity contribution in [3.05, 3.63) is 24.0 Å². The fraction of sp³-hybridized carbons (Fsp3) is 0.111. The van der Waals surface area contributed by atoms with Crippen LogP contribution in [0.2, 0.25) is 0 Å². The van der Waals surface area contributed by atoms with Gasteiger partial charge in [-0.2, -0.15) is 14.0 Å². The van der Waals surface area contributed by atoms with Crippen molar-refractivity contribution < 1.29 is 0 Å². The molecule has 0 saturated carbocycles. The van der Waals surface area contributed by atoms with Gasteiger partial charge in [-0.05, 0) is 6.07 Å². The van der Waals surface area contributed by atoms with Crippen molar-refractivity contribution in [3.63, 3.8) is 0 Å². The van der Waals surface area contributed by atoms with Crippen LogP contribution in [0.25, 0.3) is 11.3 Å². The summed E-state index contributed by atoms with van der Waals surface area (Å²) in [7, 11) is 1.78. The van der Waals surface area contributed by atoms with E-state index in [4.69, 9.17) is 5.26 Å². The van der Waals surface area contributed by atoms with Gasteiger partial charge in [-0.15, -0.1) is 0 Å². The maximum atomic E-state index is 8.75. The maximum absolute atomic E-state index is 8.75. The lowest BCUT2D eigenvalue weighted by Crippen LogP contribution is -1.91. The zero-order chi connectivity index (χ0) is 10.7. The Morgan fingerprint density at radius 2 is 2.27 bits per heavy atom. The molecule has 0 radical (unpaired) electrons. The summed E-state index contributed by atoms with van der Waals surface area (Å²) in [6.45, 7) is 0. The second kappa shape index (κ2) is 4.02. The third-order valence-corrected chi connectivity index (χ3v) is 2.39. The number of aromatic nitrogens is 3. The molecule has 0 amide bonds. The summed E-state index contributed by atoms with van der Waals surface area (Å²) in [5, 5.41) is 11.7. The van der Waals surface area contributed by atoms with Gasteiger partial charge in [0.05, 0.1) is 17.3 Å². The smallest absolute Gasteiger partial charge is 0.167 e. The highest BCUT2D eigenvalue weighted by atomic mass is 32.1. The first kappa shape index (κ1) is 9.55. The molecule has 0 fully saturated rings. The van der Waals surface area contributed by atoms with E-state index >= 15 is 0 Å². The van der Waals surface area contributed by atoms with E-state index in [2.05, 4.69) is 19.0 Å². The molecule has 0 aliphatic rings. The largest absolute Gasteiger partial charge is 0.370 e. The number of rotatable bonds is 2. The molecule has 5 nitrogen and oxygen atoms in total. The standard InChI is InChI=1S/C9H7N5S/c1-11-9-8(13-15-14-9)7-2-6(3-10)4-12-5-7/h2,4-5H,1H3,(H,11,14). The number of nitrogens with one attached hydrogen (secondary N) is 1. The molecule has 0 saturated heterocycles. The minimum Gasteiger partial charge on any atom is -0.370 e. The highest BCUT2D eigenvalue weighted by molar-refractivity contribution is 6.99. The van der Waals surface area contributed by atoms with Crippen LogP contribution in [0.5, 0.6) is 0 Å². The van der Waals surface area contributed by atoms with E-state index in [0.29, 0.717) is 11.4 Å². The molecule has 0 bridgehead atoms.